The molecular formula is C14H19Cl2NO. The lowest BCUT2D eigenvalue weighted by molar-refractivity contribution is 0.197. The maximum atomic E-state index is 9.99. The van der Waals surface area contributed by atoms with Crippen LogP contribution < -0.4 is 0 Å². The number of likely N-dealkylation sites (tertiary alicyclic amines) is 1. The Bertz CT molecular complexity index is 434. The van der Waals surface area contributed by atoms with Crippen molar-refractivity contribution in [3.05, 3.63) is 27.7 Å². The van der Waals surface area contributed by atoms with Crippen LogP contribution in [0.4, 0.5) is 0 Å². The highest BCUT2D eigenvalue weighted by atomic mass is 35.5. The van der Waals surface area contributed by atoms with E-state index in [0.717, 1.165) is 18.7 Å². The van der Waals surface area contributed by atoms with Crippen molar-refractivity contribution < 1.29 is 5.11 Å². The average Bonchev–Trinajstić information content (AvgIpc) is 2.73. The summed E-state index contributed by atoms with van der Waals surface area (Å²) in [6.07, 6.45) is 2.45. The third-order valence-corrected chi connectivity index (χ3v) is 4.17. The minimum absolute atomic E-state index is 0.162. The van der Waals surface area contributed by atoms with Crippen LogP contribution in [0.1, 0.15) is 32.3 Å². The largest absolute Gasteiger partial charge is 0.506 e. The van der Waals surface area contributed by atoms with Crippen LogP contribution in [0.3, 0.4) is 0 Å². The van der Waals surface area contributed by atoms with Crippen molar-refractivity contribution in [3.63, 3.8) is 0 Å². The number of benzene rings is 1. The van der Waals surface area contributed by atoms with E-state index in [0.29, 0.717) is 22.0 Å². The molecule has 1 aromatic carbocycles. The fourth-order valence-electron chi connectivity index (χ4n) is 2.76. The molecule has 1 aliphatic rings. The molecule has 1 aliphatic heterocycles. The van der Waals surface area contributed by atoms with Gasteiger partial charge in [-0.1, -0.05) is 37.0 Å². The van der Waals surface area contributed by atoms with Crippen LogP contribution >= 0.6 is 23.2 Å². The number of halogens is 2. The number of hydrogen-bond acceptors (Lipinski definition) is 2. The minimum Gasteiger partial charge on any atom is -0.506 e. The normalized spacial score (nSPS) is 20.8. The summed E-state index contributed by atoms with van der Waals surface area (Å²) in [7, 11) is 0. The van der Waals surface area contributed by atoms with Gasteiger partial charge in [-0.25, -0.2) is 0 Å². The van der Waals surface area contributed by atoms with Crippen LogP contribution in [0.5, 0.6) is 5.75 Å². The molecule has 1 N–H and O–H groups in total. The monoisotopic (exact) mass is 287 g/mol. The molecule has 1 fully saturated rings. The molecule has 1 aromatic rings. The first-order valence-electron chi connectivity index (χ1n) is 6.40. The molecule has 2 rings (SSSR count). The van der Waals surface area contributed by atoms with Crippen LogP contribution in [0.2, 0.25) is 10.0 Å². The van der Waals surface area contributed by atoms with Crippen LogP contribution in [0, 0.1) is 5.92 Å². The Kier molecular flexibility index (Phi) is 4.41. The lowest BCUT2D eigenvalue weighted by atomic mass is 10.0. The van der Waals surface area contributed by atoms with Crippen molar-refractivity contribution in [2.24, 2.45) is 5.92 Å². The Balaban J connectivity index is 2.19. The lowest BCUT2D eigenvalue weighted by Gasteiger charge is -2.28. The van der Waals surface area contributed by atoms with Gasteiger partial charge in [0, 0.05) is 23.2 Å². The van der Waals surface area contributed by atoms with Gasteiger partial charge in [-0.2, -0.15) is 0 Å². The highest BCUT2D eigenvalue weighted by Crippen LogP contribution is 2.34. The van der Waals surface area contributed by atoms with Gasteiger partial charge in [0.1, 0.15) is 5.75 Å². The van der Waals surface area contributed by atoms with Gasteiger partial charge in [-0.3, -0.25) is 4.90 Å². The van der Waals surface area contributed by atoms with Gasteiger partial charge in [0.2, 0.25) is 0 Å². The molecule has 2 nitrogen and oxygen atoms in total. The van der Waals surface area contributed by atoms with Gasteiger partial charge >= 0.3 is 0 Å². The van der Waals surface area contributed by atoms with Crippen molar-refractivity contribution in [1.82, 2.24) is 4.90 Å². The fraction of sp³-hybridized carbons (Fsp3) is 0.571. The molecule has 0 amide bonds. The second-order valence-corrected chi connectivity index (χ2v) is 6.16. The summed E-state index contributed by atoms with van der Waals surface area (Å²) in [6.45, 7) is 6.28. The van der Waals surface area contributed by atoms with Gasteiger partial charge in [0.05, 0.1) is 5.02 Å². The molecule has 0 bridgehead atoms. The number of phenolic OH excluding ortho intramolecular Hbond substituents is 1. The Labute approximate surface area is 119 Å². The maximum Gasteiger partial charge on any atom is 0.138 e. The molecule has 100 valence electrons. The molecule has 1 saturated heterocycles. The molecule has 1 atom stereocenters. The smallest absolute Gasteiger partial charge is 0.138 e. The average molecular weight is 288 g/mol. The summed E-state index contributed by atoms with van der Waals surface area (Å²) in [5.41, 5.74) is 0.819. The lowest BCUT2D eigenvalue weighted by Crippen LogP contribution is -2.32. The molecule has 0 aliphatic carbocycles. The fourth-order valence-corrected chi connectivity index (χ4v) is 3.30. The second kappa shape index (κ2) is 5.68. The third kappa shape index (κ3) is 2.93. The zero-order valence-electron chi connectivity index (χ0n) is 10.8. The Morgan fingerprint density at radius 1 is 1.39 bits per heavy atom. The summed E-state index contributed by atoms with van der Waals surface area (Å²) in [4.78, 5) is 2.41. The van der Waals surface area contributed by atoms with E-state index in [4.69, 9.17) is 23.2 Å². The number of phenols is 1. The molecule has 4 heteroatoms. The molecule has 0 aromatic heterocycles. The van der Waals surface area contributed by atoms with E-state index in [-0.39, 0.29) is 5.75 Å². The number of aromatic hydroxyl groups is 1. The highest BCUT2D eigenvalue weighted by molar-refractivity contribution is 6.35. The zero-order valence-corrected chi connectivity index (χ0v) is 12.3. The van der Waals surface area contributed by atoms with E-state index in [1.807, 2.05) is 0 Å². The van der Waals surface area contributed by atoms with Gasteiger partial charge in [-0.05, 0) is 37.4 Å². The Morgan fingerprint density at radius 3 is 2.78 bits per heavy atom. The first kappa shape index (κ1) is 14.0. The standard InChI is InChI=1S/C14H19Cl2NO/c1-9(2)13-4-3-5-17(13)8-10-6-11(15)7-12(16)14(10)18/h6-7,9,13,18H,3-5,8H2,1-2H3. The predicted molar refractivity (Wildman–Crippen MR) is 76.4 cm³/mol. The van der Waals surface area contributed by atoms with Crippen molar-refractivity contribution in [2.45, 2.75) is 39.3 Å². The van der Waals surface area contributed by atoms with Crippen molar-refractivity contribution in [2.75, 3.05) is 6.54 Å². The van der Waals surface area contributed by atoms with Crippen molar-refractivity contribution >= 4 is 23.2 Å². The van der Waals surface area contributed by atoms with Crippen LogP contribution in [0.15, 0.2) is 12.1 Å². The molecular weight excluding hydrogens is 269 g/mol. The molecule has 1 unspecified atom stereocenters. The summed E-state index contributed by atoms with van der Waals surface area (Å²) >= 11 is 11.9. The highest BCUT2D eigenvalue weighted by Gasteiger charge is 2.27. The van der Waals surface area contributed by atoms with Gasteiger partial charge in [0.15, 0.2) is 0 Å². The third-order valence-electron chi connectivity index (χ3n) is 3.66. The quantitative estimate of drug-likeness (QED) is 0.895. The number of rotatable bonds is 3. The second-order valence-electron chi connectivity index (χ2n) is 5.32. The van der Waals surface area contributed by atoms with Crippen LogP contribution in [0.25, 0.3) is 0 Å². The van der Waals surface area contributed by atoms with Gasteiger partial charge in [0.25, 0.3) is 0 Å². The summed E-state index contributed by atoms with van der Waals surface area (Å²) < 4.78 is 0. The van der Waals surface area contributed by atoms with Gasteiger partial charge < -0.3 is 5.11 Å². The molecule has 18 heavy (non-hydrogen) atoms. The number of hydrogen-bond donors (Lipinski definition) is 1. The predicted octanol–water partition coefficient (Wildman–Crippen LogP) is 4.32. The Hall–Kier alpha value is -0.440. The van der Waals surface area contributed by atoms with E-state index >= 15 is 0 Å². The van der Waals surface area contributed by atoms with E-state index < -0.39 is 0 Å². The molecule has 1 heterocycles. The molecule has 0 spiro atoms. The minimum atomic E-state index is 0.162. The maximum absolute atomic E-state index is 9.99. The van der Waals surface area contributed by atoms with E-state index in [1.165, 1.54) is 12.8 Å². The van der Waals surface area contributed by atoms with Gasteiger partial charge in [-0.15, -0.1) is 0 Å². The SMILES string of the molecule is CC(C)C1CCCN1Cc1cc(Cl)cc(Cl)c1O. The van der Waals surface area contributed by atoms with Crippen LogP contribution in [-0.2, 0) is 6.54 Å². The van der Waals surface area contributed by atoms with E-state index in [2.05, 4.69) is 18.7 Å². The molecule has 0 radical (unpaired) electrons. The van der Waals surface area contributed by atoms with E-state index in [9.17, 15) is 5.11 Å². The molecule has 0 saturated carbocycles. The first-order valence-corrected chi connectivity index (χ1v) is 7.15. The van der Waals surface area contributed by atoms with Crippen molar-refractivity contribution in [3.8, 4) is 5.75 Å². The van der Waals surface area contributed by atoms with Crippen LogP contribution in [-0.4, -0.2) is 22.6 Å². The summed E-state index contributed by atoms with van der Waals surface area (Å²) in [5.74, 6) is 0.791. The summed E-state index contributed by atoms with van der Waals surface area (Å²) in [6, 6.07) is 3.96. The first-order chi connectivity index (χ1) is 8.49. The number of nitrogens with zero attached hydrogens (tertiary/aromatic N) is 1. The zero-order chi connectivity index (χ0) is 13.3. The summed E-state index contributed by atoms with van der Waals surface area (Å²) in [5, 5.41) is 10.9. The Morgan fingerprint density at radius 2 is 2.11 bits per heavy atom. The topological polar surface area (TPSA) is 23.5 Å². The van der Waals surface area contributed by atoms with E-state index in [1.54, 1.807) is 12.1 Å². The van der Waals surface area contributed by atoms with Crippen molar-refractivity contribution in [1.29, 1.82) is 0 Å².